The van der Waals surface area contributed by atoms with Crippen molar-refractivity contribution in [2.24, 2.45) is 0 Å². The third kappa shape index (κ3) is 5.61. The first-order chi connectivity index (χ1) is 16.6. The molecule has 1 heterocycles. The van der Waals surface area contributed by atoms with E-state index in [1.807, 2.05) is 60.7 Å². The maximum atomic E-state index is 13.4. The van der Waals surface area contributed by atoms with Crippen molar-refractivity contribution in [1.82, 2.24) is 5.32 Å². The smallest absolute Gasteiger partial charge is 0.256 e. The van der Waals surface area contributed by atoms with E-state index in [0.717, 1.165) is 16.9 Å². The van der Waals surface area contributed by atoms with E-state index in [1.54, 1.807) is 49.8 Å². The summed E-state index contributed by atoms with van der Waals surface area (Å²) in [5, 5.41) is 5.73. The van der Waals surface area contributed by atoms with Crippen molar-refractivity contribution >= 4 is 29.2 Å². The Labute approximate surface area is 197 Å². The summed E-state index contributed by atoms with van der Waals surface area (Å²) in [6.45, 7) is 0.251. The van der Waals surface area contributed by atoms with Crippen LogP contribution in [0.25, 0.3) is 11.6 Å². The van der Waals surface area contributed by atoms with Crippen molar-refractivity contribution < 1.29 is 18.7 Å². The normalized spacial score (nSPS) is 11.0. The highest BCUT2D eigenvalue weighted by Crippen LogP contribution is 2.23. The number of methoxy groups -OCH3 is 1. The van der Waals surface area contributed by atoms with Crippen LogP contribution in [0.2, 0.25) is 0 Å². The number of hydrogen-bond donors (Lipinski definition) is 2. The summed E-state index contributed by atoms with van der Waals surface area (Å²) in [7, 11) is 1.61. The Hall–Kier alpha value is -4.58. The molecule has 1 aromatic heterocycles. The van der Waals surface area contributed by atoms with Gasteiger partial charge in [-0.2, -0.15) is 0 Å². The second kappa shape index (κ2) is 10.8. The molecule has 0 aliphatic rings. The summed E-state index contributed by atoms with van der Waals surface area (Å²) in [5.74, 6) is 0.738. The van der Waals surface area contributed by atoms with E-state index in [-0.39, 0.29) is 18.4 Å². The van der Waals surface area contributed by atoms with Crippen LogP contribution in [-0.2, 0) is 11.3 Å². The Balaban J connectivity index is 1.59. The highest BCUT2D eigenvalue weighted by molar-refractivity contribution is 6.29. The summed E-state index contributed by atoms with van der Waals surface area (Å²) in [6.07, 6.45) is 3.36. The van der Waals surface area contributed by atoms with E-state index >= 15 is 0 Å². The molecule has 0 aliphatic carbocycles. The molecule has 2 N–H and O–H groups in total. The standard InChI is InChI=1S/C28H24N2O4/c1-33-22-15-13-20(14-16-22)18-25(21-8-3-2-4-9-21)28(32)30-26-12-6-5-11-24(26)27(31)29-19-23-10-7-17-34-23/h2-18H,19H2,1H3,(H,29,31)(H,30,32)/b25-18+. The van der Waals surface area contributed by atoms with Gasteiger partial charge < -0.3 is 19.8 Å². The maximum Gasteiger partial charge on any atom is 0.256 e. The van der Waals surface area contributed by atoms with Gasteiger partial charge in [-0.25, -0.2) is 0 Å². The van der Waals surface area contributed by atoms with Crippen LogP contribution in [0.3, 0.4) is 0 Å². The van der Waals surface area contributed by atoms with Gasteiger partial charge in [-0.3, -0.25) is 9.59 Å². The molecule has 2 amide bonds. The molecule has 0 saturated heterocycles. The molecule has 0 bridgehead atoms. The van der Waals surface area contributed by atoms with Gasteiger partial charge in [-0.15, -0.1) is 0 Å². The Morgan fingerprint density at radius 3 is 2.32 bits per heavy atom. The first-order valence-corrected chi connectivity index (χ1v) is 10.8. The van der Waals surface area contributed by atoms with E-state index in [9.17, 15) is 9.59 Å². The zero-order valence-electron chi connectivity index (χ0n) is 18.7. The number of carbonyl (C=O) groups is 2. The van der Waals surface area contributed by atoms with Gasteiger partial charge in [0.05, 0.1) is 31.2 Å². The molecule has 0 radical (unpaired) electrons. The number of hydrogen-bond acceptors (Lipinski definition) is 4. The molecule has 0 atom stereocenters. The minimum atomic E-state index is -0.326. The number of benzene rings is 3. The SMILES string of the molecule is COc1ccc(/C=C(/C(=O)Nc2ccccc2C(=O)NCc2ccco2)c2ccccc2)cc1. The number of amides is 2. The van der Waals surface area contributed by atoms with Crippen LogP contribution in [0.1, 0.15) is 27.2 Å². The van der Waals surface area contributed by atoms with Crippen LogP contribution in [0.15, 0.2) is 102 Å². The molecule has 34 heavy (non-hydrogen) atoms. The van der Waals surface area contributed by atoms with Gasteiger partial charge in [-0.1, -0.05) is 54.6 Å². The molecule has 6 nitrogen and oxygen atoms in total. The molecular formula is C28H24N2O4. The summed E-state index contributed by atoms with van der Waals surface area (Å²) < 4.78 is 10.5. The van der Waals surface area contributed by atoms with Gasteiger partial charge >= 0.3 is 0 Å². The summed E-state index contributed by atoms with van der Waals surface area (Å²) >= 11 is 0. The van der Waals surface area contributed by atoms with E-state index in [2.05, 4.69) is 10.6 Å². The molecule has 0 unspecified atom stereocenters. The van der Waals surface area contributed by atoms with Crippen molar-refractivity contribution in [3.05, 3.63) is 120 Å². The first-order valence-electron chi connectivity index (χ1n) is 10.8. The Morgan fingerprint density at radius 2 is 1.62 bits per heavy atom. The van der Waals surface area contributed by atoms with Gasteiger partial charge in [0.2, 0.25) is 0 Å². The monoisotopic (exact) mass is 452 g/mol. The highest BCUT2D eigenvalue weighted by Gasteiger charge is 2.17. The number of furan rings is 1. The molecule has 0 saturated carbocycles. The third-order valence-electron chi connectivity index (χ3n) is 5.18. The van der Waals surface area contributed by atoms with E-state index in [1.165, 1.54) is 0 Å². The minimum Gasteiger partial charge on any atom is -0.497 e. The van der Waals surface area contributed by atoms with Crippen molar-refractivity contribution in [2.75, 3.05) is 12.4 Å². The first kappa shape index (κ1) is 22.6. The summed E-state index contributed by atoms with van der Waals surface area (Å²) in [4.78, 5) is 26.2. The number of anilines is 1. The minimum absolute atomic E-state index is 0.251. The maximum absolute atomic E-state index is 13.4. The number of rotatable bonds is 8. The largest absolute Gasteiger partial charge is 0.497 e. The number of para-hydroxylation sites is 1. The molecule has 6 heteroatoms. The lowest BCUT2D eigenvalue weighted by molar-refractivity contribution is -0.111. The topological polar surface area (TPSA) is 80.6 Å². The van der Waals surface area contributed by atoms with Gasteiger partial charge in [0, 0.05) is 5.57 Å². The lowest BCUT2D eigenvalue weighted by Crippen LogP contribution is -2.24. The number of carbonyl (C=O) groups excluding carboxylic acids is 2. The van der Waals surface area contributed by atoms with Gasteiger partial charge in [0.15, 0.2) is 0 Å². The van der Waals surface area contributed by atoms with Crippen LogP contribution in [0.5, 0.6) is 5.75 Å². The van der Waals surface area contributed by atoms with Crippen LogP contribution in [0.4, 0.5) is 5.69 Å². The molecular weight excluding hydrogens is 428 g/mol. The Kier molecular flexibility index (Phi) is 7.20. The van der Waals surface area contributed by atoms with Crippen molar-refractivity contribution in [2.45, 2.75) is 6.54 Å². The number of nitrogens with one attached hydrogen (secondary N) is 2. The molecule has 0 spiro atoms. The highest BCUT2D eigenvalue weighted by atomic mass is 16.5. The van der Waals surface area contributed by atoms with Crippen molar-refractivity contribution in [1.29, 1.82) is 0 Å². The lowest BCUT2D eigenvalue weighted by atomic mass is 10.0. The molecule has 4 rings (SSSR count). The fourth-order valence-electron chi connectivity index (χ4n) is 3.42. The molecule has 4 aromatic rings. The number of ether oxygens (including phenoxy) is 1. The Bertz CT molecular complexity index is 1280. The van der Waals surface area contributed by atoms with Gasteiger partial charge in [-0.05, 0) is 53.6 Å². The van der Waals surface area contributed by atoms with Crippen LogP contribution < -0.4 is 15.4 Å². The molecule has 170 valence electrons. The van der Waals surface area contributed by atoms with Gasteiger partial charge in [0.25, 0.3) is 11.8 Å². The fourth-order valence-corrected chi connectivity index (χ4v) is 3.42. The van der Waals surface area contributed by atoms with E-state index in [0.29, 0.717) is 22.6 Å². The van der Waals surface area contributed by atoms with Crippen LogP contribution >= 0.6 is 0 Å². The summed E-state index contributed by atoms with van der Waals surface area (Å²) in [6, 6.07) is 27.3. The predicted molar refractivity (Wildman–Crippen MR) is 132 cm³/mol. The molecule has 0 fully saturated rings. The second-order valence-corrected chi connectivity index (χ2v) is 7.46. The quantitative estimate of drug-likeness (QED) is 0.277. The van der Waals surface area contributed by atoms with Gasteiger partial charge in [0.1, 0.15) is 11.5 Å². The third-order valence-corrected chi connectivity index (χ3v) is 5.18. The lowest BCUT2D eigenvalue weighted by Gasteiger charge is -2.13. The average molecular weight is 453 g/mol. The van der Waals surface area contributed by atoms with E-state index in [4.69, 9.17) is 9.15 Å². The van der Waals surface area contributed by atoms with Crippen molar-refractivity contribution in [3.63, 3.8) is 0 Å². The Morgan fingerprint density at radius 1 is 0.882 bits per heavy atom. The van der Waals surface area contributed by atoms with E-state index < -0.39 is 0 Å². The average Bonchev–Trinajstić information content (AvgIpc) is 3.41. The molecule has 3 aromatic carbocycles. The zero-order chi connectivity index (χ0) is 23.8. The molecule has 0 aliphatic heterocycles. The summed E-state index contributed by atoms with van der Waals surface area (Å²) in [5.41, 5.74) is 2.85. The van der Waals surface area contributed by atoms with Crippen LogP contribution in [-0.4, -0.2) is 18.9 Å². The predicted octanol–water partition coefficient (Wildman–Crippen LogP) is 5.40. The fraction of sp³-hybridized carbons (Fsp3) is 0.0714. The van der Waals surface area contributed by atoms with Crippen LogP contribution in [0, 0.1) is 0 Å². The zero-order valence-corrected chi connectivity index (χ0v) is 18.7. The van der Waals surface area contributed by atoms with Crippen molar-refractivity contribution in [3.8, 4) is 5.75 Å². The second-order valence-electron chi connectivity index (χ2n) is 7.46.